The van der Waals surface area contributed by atoms with E-state index in [-0.39, 0.29) is 29.1 Å². The highest BCUT2D eigenvalue weighted by Crippen LogP contribution is 2.27. The summed E-state index contributed by atoms with van der Waals surface area (Å²) in [5.74, 6) is -0.898. The van der Waals surface area contributed by atoms with Gasteiger partial charge in [0.2, 0.25) is 11.8 Å². The van der Waals surface area contributed by atoms with Crippen LogP contribution in [0.5, 0.6) is 5.75 Å². The molecule has 1 N–H and O–H groups in total. The Hall–Kier alpha value is -3.92. The van der Waals surface area contributed by atoms with Gasteiger partial charge in [0.1, 0.15) is 24.2 Å². The number of carbonyl (C=O) groups excluding carboxylic acids is 2. The molecule has 3 rings (SSSR count). The lowest BCUT2D eigenvalue weighted by Crippen LogP contribution is -2.53. The predicted molar refractivity (Wildman–Crippen MR) is 162 cm³/mol. The van der Waals surface area contributed by atoms with Crippen molar-refractivity contribution in [2.45, 2.75) is 71.0 Å². The molecule has 0 saturated carbocycles. The molecule has 2 amide bonds. The maximum Gasteiger partial charge on any atom is 0.264 e. The molecule has 0 aromatic heterocycles. The molecule has 42 heavy (non-hydrogen) atoms. The molecule has 3 aromatic rings. The summed E-state index contributed by atoms with van der Waals surface area (Å²) in [4.78, 5) is 28.8. The Kier molecular flexibility index (Phi) is 11.5. The van der Waals surface area contributed by atoms with Gasteiger partial charge in [-0.1, -0.05) is 43.7 Å². The summed E-state index contributed by atoms with van der Waals surface area (Å²) >= 11 is 0. The van der Waals surface area contributed by atoms with E-state index in [2.05, 4.69) is 5.32 Å². The minimum Gasteiger partial charge on any atom is -0.494 e. The van der Waals surface area contributed by atoms with Gasteiger partial charge in [0, 0.05) is 12.6 Å². The quantitative estimate of drug-likeness (QED) is 0.267. The Morgan fingerprint density at radius 1 is 0.952 bits per heavy atom. The zero-order valence-corrected chi connectivity index (χ0v) is 25.7. The average Bonchev–Trinajstić information content (AvgIpc) is 2.96. The van der Waals surface area contributed by atoms with Crippen molar-refractivity contribution in [1.29, 1.82) is 0 Å². The molecule has 0 aliphatic carbocycles. The molecule has 0 unspecified atom stereocenters. The van der Waals surface area contributed by atoms with Crippen LogP contribution in [0.15, 0.2) is 77.7 Å². The minimum atomic E-state index is -4.30. The molecule has 0 aliphatic rings. The average molecular weight is 598 g/mol. The van der Waals surface area contributed by atoms with Crippen LogP contribution < -0.4 is 14.4 Å². The Balaban J connectivity index is 2.06. The maximum atomic E-state index is 14.1. The van der Waals surface area contributed by atoms with Crippen molar-refractivity contribution in [2.75, 3.05) is 17.5 Å². The molecule has 0 bridgehead atoms. The number of sulfonamides is 1. The zero-order chi connectivity index (χ0) is 30.9. The van der Waals surface area contributed by atoms with E-state index in [1.165, 1.54) is 4.90 Å². The number of carbonyl (C=O) groups is 2. The van der Waals surface area contributed by atoms with Crippen LogP contribution in [0.2, 0.25) is 0 Å². The molecule has 0 heterocycles. The second kappa shape index (κ2) is 14.8. The molecule has 0 radical (unpaired) electrons. The minimum absolute atomic E-state index is 0.0957. The van der Waals surface area contributed by atoms with Gasteiger partial charge in [-0.25, -0.2) is 12.8 Å². The van der Waals surface area contributed by atoms with Gasteiger partial charge < -0.3 is 15.0 Å². The van der Waals surface area contributed by atoms with Crippen LogP contribution in [0.4, 0.5) is 10.1 Å². The highest BCUT2D eigenvalue weighted by Gasteiger charge is 2.34. The Morgan fingerprint density at radius 2 is 1.62 bits per heavy atom. The van der Waals surface area contributed by atoms with Crippen molar-refractivity contribution < 1.29 is 27.1 Å². The summed E-state index contributed by atoms with van der Waals surface area (Å²) in [7, 11) is -4.30. The number of aryl methyl sites for hydroxylation is 1. The number of nitrogens with one attached hydrogen (secondary N) is 1. The third-order valence-electron chi connectivity index (χ3n) is 6.94. The largest absolute Gasteiger partial charge is 0.494 e. The molecule has 8 nitrogen and oxygen atoms in total. The number of benzene rings is 3. The zero-order valence-electron chi connectivity index (χ0n) is 24.8. The van der Waals surface area contributed by atoms with E-state index in [9.17, 15) is 22.4 Å². The number of hydrogen-bond acceptors (Lipinski definition) is 5. The van der Waals surface area contributed by atoms with Crippen molar-refractivity contribution in [1.82, 2.24) is 10.2 Å². The normalized spacial score (nSPS) is 12.7. The smallest absolute Gasteiger partial charge is 0.264 e. The molecule has 0 aliphatic heterocycles. The number of ether oxygens (including phenoxy) is 1. The summed E-state index contributed by atoms with van der Waals surface area (Å²) in [6.07, 6.45) is 1.04. The van der Waals surface area contributed by atoms with E-state index in [0.717, 1.165) is 46.1 Å². The van der Waals surface area contributed by atoms with E-state index >= 15 is 0 Å². The molecule has 2 atom stereocenters. The number of nitrogens with zero attached hydrogens (tertiary/aromatic N) is 2. The van der Waals surface area contributed by atoms with Crippen molar-refractivity contribution in [3.05, 3.63) is 89.7 Å². The Bertz CT molecular complexity index is 1450. The van der Waals surface area contributed by atoms with Gasteiger partial charge in [0.05, 0.1) is 17.2 Å². The fraction of sp³-hybridized carbons (Fsp3) is 0.375. The van der Waals surface area contributed by atoms with Gasteiger partial charge >= 0.3 is 0 Å². The third kappa shape index (κ3) is 8.31. The lowest BCUT2D eigenvalue weighted by molar-refractivity contribution is -0.140. The van der Waals surface area contributed by atoms with Gasteiger partial charge in [-0.15, -0.1) is 0 Å². The first kappa shape index (κ1) is 32.6. The van der Waals surface area contributed by atoms with Crippen LogP contribution >= 0.6 is 0 Å². The van der Waals surface area contributed by atoms with Crippen molar-refractivity contribution in [3.63, 3.8) is 0 Å². The maximum absolute atomic E-state index is 14.1. The van der Waals surface area contributed by atoms with Crippen molar-refractivity contribution in [3.8, 4) is 5.75 Å². The van der Waals surface area contributed by atoms with Crippen LogP contribution in [0.1, 0.15) is 51.7 Å². The van der Waals surface area contributed by atoms with Crippen LogP contribution in [0.25, 0.3) is 0 Å². The molecule has 0 saturated heterocycles. The van der Waals surface area contributed by atoms with E-state index in [1.807, 2.05) is 58.9 Å². The Labute approximate surface area is 248 Å². The second-order valence-electron chi connectivity index (χ2n) is 10.1. The summed E-state index contributed by atoms with van der Waals surface area (Å²) in [6, 6.07) is 17.5. The number of amides is 2. The highest BCUT2D eigenvalue weighted by molar-refractivity contribution is 7.92. The lowest BCUT2D eigenvalue weighted by Gasteiger charge is -2.33. The van der Waals surface area contributed by atoms with Crippen LogP contribution in [-0.4, -0.2) is 50.4 Å². The summed E-state index contributed by atoms with van der Waals surface area (Å²) in [5, 5.41) is 2.96. The first-order valence-corrected chi connectivity index (χ1v) is 15.6. The fourth-order valence-corrected chi connectivity index (χ4v) is 5.92. The SMILES string of the molecule is CCOc1ccc(N(CC(=O)N(Cc2cccc(C)c2)[C@H](CC)C(=O)N[C@@H](C)CC)S(=O)(=O)c2ccc(F)cc2)cc1. The van der Waals surface area contributed by atoms with Crippen LogP contribution in [0.3, 0.4) is 0 Å². The number of rotatable bonds is 14. The molecular weight excluding hydrogens is 557 g/mol. The van der Waals surface area contributed by atoms with Crippen LogP contribution in [-0.2, 0) is 26.2 Å². The van der Waals surface area contributed by atoms with E-state index in [1.54, 1.807) is 24.3 Å². The standard InChI is InChI=1S/C32H40FN3O5S/c1-6-24(5)34-32(38)30(7-2)35(21-25-11-9-10-23(4)20-25)31(37)22-36(27-14-16-28(17-15-27)41-8-3)42(39,40)29-18-12-26(33)13-19-29/h9-20,24,30H,6-8,21-22H2,1-5H3,(H,34,38)/t24-,30+/m0/s1. The monoisotopic (exact) mass is 597 g/mol. The van der Waals surface area contributed by atoms with Gasteiger partial charge in [-0.05, 0) is 87.7 Å². The summed E-state index contributed by atoms with van der Waals surface area (Å²) < 4.78 is 47.9. The van der Waals surface area contributed by atoms with E-state index in [0.29, 0.717) is 18.8 Å². The number of hydrogen-bond donors (Lipinski definition) is 1. The number of anilines is 1. The van der Waals surface area contributed by atoms with Gasteiger partial charge in [0.25, 0.3) is 10.0 Å². The molecule has 0 fully saturated rings. The third-order valence-corrected chi connectivity index (χ3v) is 8.73. The van der Waals surface area contributed by atoms with Crippen LogP contribution in [0, 0.1) is 12.7 Å². The number of halogens is 1. The topological polar surface area (TPSA) is 96.0 Å². The molecule has 3 aromatic carbocycles. The molecule has 226 valence electrons. The van der Waals surface area contributed by atoms with Gasteiger partial charge in [-0.2, -0.15) is 0 Å². The lowest BCUT2D eigenvalue weighted by atomic mass is 10.1. The Morgan fingerprint density at radius 3 is 2.19 bits per heavy atom. The first-order chi connectivity index (χ1) is 20.0. The summed E-state index contributed by atoms with van der Waals surface area (Å²) in [6.45, 7) is 9.40. The van der Waals surface area contributed by atoms with Gasteiger partial charge in [-0.3, -0.25) is 13.9 Å². The second-order valence-corrected chi connectivity index (χ2v) is 12.0. The van der Waals surface area contributed by atoms with E-state index < -0.39 is 34.3 Å². The predicted octanol–water partition coefficient (Wildman–Crippen LogP) is 5.45. The summed E-state index contributed by atoms with van der Waals surface area (Å²) in [5.41, 5.74) is 2.03. The van der Waals surface area contributed by atoms with Crippen molar-refractivity contribution in [2.24, 2.45) is 0 Å². The van der Waals surface area contributed by atoms with Crippen molar-refractivity contribution >= 4 is 27.5 Å². The van der Waals surface area contributed by atoms with Gasteiger partial charge in [0.15, 0.2) is 0 Å². The molecule has 10 heteroatoms. The van der Waals surface area contributed by atoms with E-state index in [4.69, 9.17) is 4.74 Å². The fourth-order valence-electron chi connectivity index (χ4n) is 4.51. The molecular formula is C32H40FN3O5S. The first-order valence-electron chi connectivity index (χ1n) is 14.2. The highest BCUT2D eigenvalue weighted by atomic mass is 32.2. The molecule has 0 spiro atoms.